The van der Waals surface area contributed by atoms with Gasteiger partial charge in [0.25, 0.3) is 0 Å². The van der Waals surface area contributed by atoms with Crippen molar-refractivity contribution in [1.82, 2.24) is 4.72 Å². The number of rotatable bonds is 5. The van der Waals surface area contributed by atoms with Crippen LogP contribution in [-0.4, -0.2) is 15.0 Å². The van der Waals surface area contributed by atoms with E-state index in [0.717, 1.165) is 6.42 Å². The van der Waals surface area contributed by atoms with Crippen LogP contribution in [-0.2, 0) is 10.0 Å². The molecule has 1 aliphatic rings. The van der Waals surface area contributed by atoms with Gasteiger partial charge >= 0.3 is 0 Å². The summed E-state index contributed by atoms with van der Waals surface area (Å²) in [7, 11) is -3.46. The summed E-state index contributed by atoms with van der Waals surface area (Å²) < 4.78 is 26.9. The lowest BCUT2D eigenvalue weighted by atomic mass is 9.83. The smallest absolute Gasteiger partial charge is 0.211 e. The Morgan fingerprint density at radius 1 is 1.42 bits per heavy atom. The van der Waals surface area contributed by atoms with E-state index in [0.29, 0.717) is 23.6 Å². The lowest BCUT2D eigenvalue weighted by Crippen LogP contribution is -2.28. The molecule has 1 fully saturated rings. The molecule has 19 heavy (non-hydrogen) atoms. The minimum atomic E-state index is -3.46. The van der Waals surface area contributed by atoms with Crippen molar-refractivity contribution in [2.45, 2.75) is 37.5 Å². The van der Waals surface area contributed by atoms with Crippen LogP contribution in [0.25, 0.3) is 0 Å². The van der Waals surface area contributed by atoms with Gasteiger partial charge in [0.2, 0.25) is 10.0 Å². The van der Waals surface area contributed by atoms with E-state index < -0.39 is 10.0 Å². The summed E-state index contributed by atoms with van der Waals surface area (Å²) in [6, 6.07) is 6.64. The molecule has 0 bridgehead atoms. The van der Waals surface area contributed by atoms with Crippen molar-refractivity contribution in [3.05, 3.63) is 29.3 Å². The van der Waals surface area contributed by atoms with Gasteiger partial charge in [0.1, 0.15) is 0 Å². The molecule has 0 spiro atoms. The van der Waals surface area contributed by atoms with Crippen LogP contribution < -0.4 is 4.72 Å². The molecule has 2 rings (SSSR count). The zero-order valence-corrected chi connectivity index (χ0v) is 11.8. The summed E-state index contributed by atoms with van der Waals surface area (Å²) in [5.41, 5.74) is 1.08. The molecule has 0 aromatic heterocycles. The first-order valence-corrected chi connectivity index (χ1v) is 8.01. The quantitative estimate of drug-likeness (QED) is 0.898. The molecule has 102 valence electrons. The summed E-state index contributed by atoms with van der Waals surface area (Å²) >= 11 is 0. The average Bonchev–Trinajstić information content (AvgIpc) is 2.31. The number of hydrogen-bond acceptors (Lipinski definition) is 3. The van der Waals surface area contributed by atoms with Crippen molar-refractivity contribution in [3.63, 3.8) is 0 Å². The van der Waals surface area contributed by atoms with E-state index >= 15 is 0 Å². The van der Waals surface area contributed by atoms with Crippen molar-refractivity contribution in [2.75, 3.05) is 6.54 Å². The number of hydrogen-bond donors (Lipinski definition) is 1. The Kier molecular flexibility index (Phi) is 4.23. The molecule has 1 aliphatic carbocycles. The van der Waals surface area contributed by atoms with Crippen LogP contribution in [0.5, 0.6) is 0 Å². The van der Waals surface area contributed by atoms with Crippen molar-refractivity contribution in [1.29, 1.82) is 5.26 Å². The van der Waals surface area contributed by atoms with E-state index in [1.807, 2.05) is 6.07 Å². The van der Waals surface area contributed by atoms with Gasteiger partial charge in [0.05, 0.1) is 16.5 Å². The van der Waals surface area contributed by atoms with Crippen LogP contribution in [0, 0.1) is 24.2 Å². The van der Waals surface area contributed by atoms with Gasteiger partial charge in [-0.15, -0.1) is 0 Å². The van der Waals surface area contributed by atoms with Gasteiger partial charge in [0.15, 0.2) is 0 Å². The minimum absolute atomic E-state index is 0.264. The second-order valence-electron chi connectivity index (χ2n) is 5.08. The summed E-state index contributed by atoms with van der Waals surface area (Å²) in [5, 5.41) is 8.78. The van der Waals surface area contributed by atoms with Gasteiger partial charge in [0, 0.05) is 6.54 Å². The first kappa shape index (κ1) is 14.0. The largest absolute Gasteiger partial charge is 0.240 e. The zero-order chi connectivity index (χ0) is 13.9. The molecule has 4 nitrogen and oxygen atoms in total. The maximum atomic E-state index is 12.1. The van der Waals surface area contributed by atoms with Crippen LogP contribution in [0.2, 0.25) is 0 Å². The summed E-state index contributed by atoms with van der Waals surface area (Å²) in [4.78, 5) is 0.264. The van der Waals surface area contributed by atoms with E-state index in [2.05, 4.69) is 4.72 Å². The van der Waals surface area contributed by atoms with Crippen molar-refractivity contribution >= 4 is 10.0 Å². The van der Waals surface area contributed by atoms with Gasteiger partial charge in [-0.3, -0.25) is 0 Å². The monoisotopic (exact) mass is 278 g/mol. The van der Waals surface area contributed by atoms with Gasteiger partial charge in [-0.25, -0.2) is 13.1 Å². The predicted octanol–water partition coefficient (Wildman–Crippen LogP) is 2.34. The lowest BCUT2D eigenvalue weighted by molar-refractivity contribution is 0.297. The minimum Gasteiger partial charge on any atom is -0.211 e. The van der Waals surface area contributed by atoms with Gasteiger partial charge in [-0.05, 0) is 43.0 Å². The Bertz CT molecular complexity index is 598. The number of nitrogens with zero attached hydrogens (tertiary/aromatic N) is 1. The Labute approximate surface area is 114 Å². The number of sulfonamides is 1. The van der Waals surface area contributed by atoms with E-state index in [4.69, 9.17) is 5.26 Å². The molecule has 0 atom stereocenters. The molecular weight excluding hydrogens is 260 g/mol. The fourth-order valence-electron chi connectivity index (χ4n) is 2.28. The third-order valence-electron chi connectivity index (χ3n) is 3.66. The Balaban J connectivity index is 2.04. The molecule has 0 aliphatic heterocycles. The second-order valence-corrected chi connectivity index (χ2v) is 6.81. The summed E-state index contributed by atoms with van der Waals surface area (Å²) in [6.07, 6.45) is 4.62. The number of aryl methyl sites for hydroxylation is 1. The highest BCUT2D eigenvalue weighted by Crippen LogP contribution is 2.29. The van der Waals surface area contributed by atoms with Gasteiger partial charge < -0.3 is 0 Å². The second kappa shape index (κ2) is 5.72. The van der Waals surface area contributed by atoms with E-state index in [1.165, 1.54) is 31.4 Å². The Morgan fingerprint density at radius 2 is 2.16 bits per heavy atom. The number of benzene rings is 1. The maximum Gasteiger partial charge on any atom is 0.240 e. The highest BCUT2D eigenvalue weighted by atomic mass is 32.2. The third kappa shape index (κ3) is 3.34. The van der Waals surface area contributed by atoms with Crippen LogP contribution >= 0.6 is 0 Å². The maximum absolute atomic E-state index is 12.1. The van der Waals surface area contributed by atoms with Crippen molar-refractivity contribution < 1.29 is 8.42 Å². The standard InChI is InChI=1S/C14H18N2O2S/c1-11-9-13(10-15)5-6-14(11)19(17,18)16-8-7-12-3-2-4-12/h5-6,9,12,16H,2-4,7-8H2,1H3. The molecule has 1 N–H and O–H groups in total. The van der Waals surface area contributed by atoms with Crippen molar-refractivity contribution in [2.24, 2.45) is 5.92 Å². The Hall–Kier alpha value is -1.38. The average molecular weight is 278 g/mol. The number of nitriles is 1. The van der Waals surface area contributed by atoms with Crippen LogP contribution in [0.4, 0.5) is 0 Å². The lowest BCUT2D eigenvalue weighted by Gasteiger charge is -2.25. The Morgan fingerprint density at radius 3 is 2.68 bits per heavy atom. The molecular formula is C14H18N2O2S. The van der Waals surface area contributed by atoms with Crippen molar-refractivity contribution in [3.8, 4) is 6.07 Å². The third-order valence-corrected chi connectivity index (χ3v) is 5.28. The molecule has 1 saturated carbocycles. The van der Waals surface area contributed by atoms with E-state index in [-0.39, 0.29) is 4.90 Å². The fraction of sp³-hybridized carbons (Fsp3) is 0.500. The van der Waals surface area contributed by atoms with Crippen LogP contribution in [0.15, 0.2) is 23.1 Å². The molecule has 5 heteroatoms. The topological polar surface area (TPSA) is 70.0 Å². The fourth-order valence-corrected chi connectivity index (χ4v) is 3.55. The predicted molar refractivity (Wildman–Crippen MR) is 73.0 cm³/mol. The van der Waals surface area contributed by atoms with E-state index in [1.54, 1.807) is 13.0 Å². The highest BCUT2D eigenvalue weighted by molar-refractivity contribution is 7.89. The zero-order valence-electron chi connectivity index (χ0n) is 11.0. The molecule has 1 aromatic rings. The molecule has 0 radical (unpaired) electrons. The van der Waals surface area contributed by atoms with Gasteiger partial charge in [-0.1, -0.05) is 19.3 Å². The molecule has 0 amide bonds. The van der Waals surface area contributed by atoms with Crippen LogP contribution in [0.1, 0.15) is 36.8 Å². The molecule has 0 unspecified atom stereocenters. The summed E-state index contributed by atoms with van der Waals surface area (Å²) in [5.74, 6) is 0.685. The van der Waals surface area contributed by atoms with Crippen LogP contribution in [0.3, 0.4) is 0 Å². The molecule has 1 aromatic carbocycles. The van der Waals surface area contributed by atoms with E-state index in [9.17, 15) is 8.42 Å². The SMILES string of the molecule is Cc1cc(C#N)ccc1S(=O)(=O)NCCC1CCC1. The molecule has 0 saturated heterocycles. The number of nitrogens with one attached hydrogen (secondary N) is 1. The first-order chi connectivity index (χ1) is 9.03. The summed E-state index contributed by atoms with van der Waals surface area (Å²) in [6.45, 7) is 2.20. The molecule has 0 heterocycles. The highest BCUT2D eigenvalue weighted by Gasteiger charge is 2.20. The first-order valence-electron chi connectivity index (χ1n) is 6.53. The normalized spacial score (nSPS) is 15.8. The van der Waals surface area contributed by atoms with Gasteiger partial charge in [-0.2, -0.15) is 5.26 Å².